The highest BCUT2D eigenvalue weighted by atomic mass is 16.3. The summed E-state index contributed by atoms with van der Waals surface area (Å²) in [5, 5.41) is 9.11. The van der Waals surface area contributed by atoms with E-state index in [-0.39, 0.29) is 6.61 Å². The second-order valence-corrected chi connectivity index (χ2v) is 4.60. The maximum absolute atomic E-state index is 9.11. The molecule has 1 N–H and O–H groups in total. The number of aliphatic hydroxyl groups is 1. The van der Waals surface area contributed by atoms with Gasteiger partial charge in [0.05, 0.1) is 24.7 Å². The molecule has 17 heavy (non-hydrogen) atoms. The Hall–Kier alpha value is -1.16. The van der Waals surface area contributed by atoms with Crippen LogP contribution in [-0.4, -0.2) is 27.7 Å². The lowest BCUT2D eigenvalue weighted by Gasteiger charge is -2.34. The summed E-state index contributed by atoms with van der Waals surface area (Å²) in [5.41, 5.74) is 0.650. The van der Waals surface area contributed by atoms with Crippen LogP contribution in [0.15, 0.2) is 12.4 Å². The van der Waals surface area contributed by atoms with Gasteiger partial charge in [-0.25, -0.2) is 4.98 Å². The van der Waals surface area contributed by atoms with Gasteiger partial charge < -0.3 is 10.0 Å². The predicted molar refractivity (Wildman–Crippen MR) is 67.8 cm³/mol. The Labute approximate surface area is 103 Å². The smallest absolute Gasteiger partial charge is 0.147 e. The van der Waals surface area contributed by atoms with Crippen LogP contribution < -0.4 is 4.90 Å². The third-order valence-electron chi connectivity index (χ3n) is 3.48. The van der Waals surface area contributed by atoms with Crippen molar-refractivity contribution in [1.29, 1.82) is 0 Å². The van der Waals surface area contributed by atoms with Crippen molar-refractivity contribution in [2.45, 2.75) is 51.7 Å². The van der Waals surface area contributed by atoms with E-state index in [0.29, 0.717) is 11.7 Å². The second-order valence-electron chi connectivity index (χ2n) is 4.60. The van der Waals surface area contributed by atoms with E-state index in [2.05, 4.69) is 21.8 Å². The van der Waals surface area contributed by atoms with Crippen LogP contribution in [0.1, 0.15) is 44.7 Å². The molecule has 0 unspecified atom stereocenters. The minimum atomic E-state index is -0.0386. The minimum Gasteiger partial charge on any atom is -0.390 e. The molecule has 0 atom stereocenters. The van der Waals surface area contributed by atoms with Crippen LogP contribution in [0.3, 0.4) is 0 Å². The van der Waals surface area contributed by atoms with Crippen molar-refractivity contribution in [3.8, 4) is 0 Å². The number of hydrogen-bond acceptors (Lipinski definition) is 4. The molecule has 94 valence electrons. The molecular weight excluding hydrogens is 214 g/mol. The Bertz CT molecular complexity index is 350. The van der Waals surface area contributed by atoms with Crippen molar-refractivity contribution in [3.05, 3.63) is 18.1 Å². The van der Waals surface area contributed by atoms with Gasteiger partial charge in [0.2, 0.25) is 0 Å². The molecule has 1 fully saturated rings. The minimum absolute atomic E-state index is 0.0386. The third kappa shape index (κ3) is 2.94. The van der Waals surface area contributed by atoms with Crippen LogP contribution >= 0.6 is 0 Å². The first-order chi connectivity index (χ1) is 8.35. The molecule has 4 nitrogen and oxygen atoms in total. The zero-order valence-electron chi connectivity index (χ0n) is 10.5. The van der Waals surface area contributed by atoms with Gasteiger partial charge in [-0.05, 0) is 19.8 Å². The first-order valence-electron chi connectivity index (χ1n) is 6.53. The molecule has 0 amide bonds. The SMILES string of the molecule is CCN(c1cncc(CO)n1)C1CCCCC1. The van der Waals surface area contributed by atoms with E-state index in [1.165, 1.54) is 32.1 Å². The van der Waals surface area contributed by atoms with E-state index >= 15 is 0 Å². The summed E-state index contributed by atoms with van der Waals surface area (Å²) >= 11 is 0. The van der Waals surface area contributed by atoms with Gasteiger partial charge in [0.25, 0.3) is 0 Å². The summed E-state index contributed by atoms with van der Waals surface area (Å²) < 4.78 is 0. The van der Waals surface area contributed by atoms with E-state index in [1.807, 2.05) is 0 Å². The second kappa shape index (κ2) is 5.96. The molecule has 0 aromatic carbocycles. The highest BCUT2D eigenvalue weighted by molar-refractivity contribution is 5.37. The van der Waals surface area contributed by atoms with Crippen LogP contribution in [0.5, 0.6) is 0 Å². The van der Waals surface area contributed by atoms with E-state index in [1.54, 1.807) is 12.4 Å². The van der Waals surface area contributed by atoms with Gasteiger partial charge in [-0.3, -0.25) is 4.98 Å². The molecule has 2 rings (SSSR count). The summed E-state index contributed by atoms with van der Waals surface area (Å²) in [6.45, 7) is 3.07. The van der Waals surface area contributed by atoms with Gasteiger partial charge in [0, 0.05) is 12.6 Å². The average molecular weight is 235 g/mol. The van der Waals surface area contributed by atoms with Gasteiger partial charge in [-0.1, -0.05) is 19.3 Å². The van der Waals surface area contributed by atoms with Gasteiger partial charge in [0.1, 0.15) is 5.82 Å². The van der Waals surface area contributed by atoms with E-state index in [4.69, 9.17) is 5.11 Å². The fourth-order valence-electron chi connectivity index (χ4n) is 2.61. The van der Waals surface area contributed by atoms with Crippen LogP contribution in [0.4, 0.5) is 5.82 Å². The Morgan fingerprint density at radius 3 is 2.71 bits per heavy atom. The number of rotatable bonds is 4. The molecule has 1 heterocycles. The van der Waals surface area contributed by atoms with Crippen molar-refractivity contribution in [2.24, 2.45) is 0 Å². The highest BCUT2D eigenvalue weighted by Crippen LogP contribution is 2.25. The topological polar surface area (TPSA) is 49.2 Å². The van der Waals surface area contributed by atoms with Crippen LogP contribution in [0.25, 0.3) is 0 Å². The average Bonchev–Trinajstić information content (AvgIpc) is 2.41. The molecule has 0 bridgehead atoms. The van der Waals surface area contributed by atoms with E-state index < -0.39 is 0 Å². The normalized spacial score (nSPS) is 17.1. The van der Waals surface area contributed by atoms with Crippen molar-refractivity contribution < 1.29 is 5.11 Å². The molecule has 1 saturated carbocycles. The lowest BCUT2D eigenvalue weighted by Crippen LogP contribution is -2.37. The Morgan fingerprint density at radius 2 is 2.06 bits per heavy atom. The van der Waals surface area contributed by atoms with Gasteiger partial charge >= 0.3 is 0 Å². The number of nitrogens with zero attached hydrogens (tertiary/aromatic N) is 3. The lowest BCUT2D eigenvalue weighted by atomic mass is 9.94. The molecule has 1 aromatic rings. The summed E-state index contributed by atoms with van der Waals surface area (Å²) in [4.78, 5) is 10.9. The number of aromatic nitrogens is 2. The molecule has 4 heteroatoms. The standard InChI is InChI=1S/C13H21N3O/c1-2-16(12-6-4-3-5-7-12)13-9-14-8-11(10-17)15-13/h8-9,12,17H,2-7,10H2,1H3. The molecule has 0 spiro atoms. The predicted octanol–water partition coefficient (Wildman–Crippen LogP) is 2.13. The number of aliphatic hydroxyl groups excluding tert-OH is 1. The summed E-state index contributed by atoms with van der Waals surface area (Å²) in [6.07, 6.45) is 9.91. The van der Waals surface area contributed by atoms with Gasteiger partial charge in [0.15, 0.2) is 0 Å². The Kier molecular flexibility index (Phi) is 4.31. The molecular formula is C13H21N3O. The largest absolute Gasteiger partial charge is 0.390 e. The van der Waals surface area contributed by atoms with E-state index in [0.717, 1.165) is 12.4 Å². The van der Waals surface area contributed by atoms with Crippen molar-refractivity contribution in [2.75, 3.05) is 11.4 Å². The first-order valence-corrected chi connectivity index (χ1v) is 6.53. The van der Waals surface area contributed by atoms with Gasteiger partial charge in [-0.2, -0.15) is 0 Å². The van der Waals surface area contributed by atoms with Crippen LogP contribution in [-0.2, 0) is 6.61 Å². The zero-order valence-corrected chi connectivity index (χ0v) is 10.5. The molecule has 1 aliphatic carbocycles. The Balaban J connectivity index is 2.15. The lowest BCUT2D eigenvalue weighted by molar-refractivity contribution is 0.276. The molecule has 1 aromatic heterocycles. The van der Waals surface area contributed by atoms with Crippen LogP contribution in [0, 0.1) is 0 Å². The first kappa shape index (κ1) is 12.3. The zero-order chi connectivity index (χ0) is 12.1. The summed E-state index contributed by atoms with van der Waals surface area (Å²) in [5.74, 6) is 0.908. The molecule has 1 aliphatic rings. The number of hydrogen-bond donors (Lipinski definition) is 1. The maximum atomic E-state index is 9.11. The maximum Gasteiger partial charge on any atom is 0.147 e. The monoisotopic (exact) mass is 235 g/mol. The fraction of sp³-hybridized carbons (Fsp3) is 0.692. The fourth-order valence-corrected chi connectivity index (χ4v) is 2.61. The molecule has 0 aliphatic heterocycles. The molecule has 0 saturated heterocycles. The molecule has 0 radical (unpaired) electrons. The van der Waals surface area contributed by atoms with Crippen LogP contribution in [0.2, 0.25) is 0 Å². The quantitative estimate of drug-likeness (QED) is 0.868. The Morgan fingerprint density at radius 1 is 1.29 bits per heavy atom. The highest BCUT2D eigenvalue weighted by Gasteiger charge is 2.21. The summed E-state index contributed by atoms with van der Waals surface area (Å²) in [6, 6.07) is 0.594. The summed E-state index contributed by atoms with van der Waals surface area (Å²) in [7, 11) is 0. The van der Waals surface area contributed by atoms with E-state index in [9.17, 15) is 0 Å². The number of anilines is 1. The van der Waals surface area contributed by atoms with Crippen molar-refractivity contribution in [1.82, 2.24) is 9.97 Å². The van der Waals surface area contributed by atoms with Crippen molar-refractivity contribution >= 4 is 5.82 Å². The van der Waals surface area contributed by atoms with Crippen molar-refractivity contribution in [3.63, 3.8) is 0 Å². The van der Waals surface area contributed by atoms with Gasteiger partial charge in [-0.15, -0.1) is 0 Å². The third-order valence-corrected chi connectivity index (χ3v) is 3.48.